The molecule has 142 valence electrons. The van der Waals surface area contributed by atoms with E-state index < -0.39 is 11.8 Å². The van der Waals surface area contributed by atoms with E-state index >= 15 is 0 Å². The number of rotatable bonds is 3. The third kappa shape index (κ3) is 2.75. The highest BCUT2D eigenvalue weighted by molar-refractivity contribution is 5.97. The van der Waals surface area contributed by atoms with Crippen molar-refractivity contribution in [1.29, 1.82) is 0 Å². The van der Waals surface area contributed by atoms with Gasteiger partial charge in [0.25, 0.3) is 5.79 Å². The van der Waals surface area contributed by atoms with Gasteiger partial charge in [-0.3, -0.25) is 4.79 Å². The Balaban J connectivity index is 1.39. The number of hydrogen-bond acceptors (Lipinski definition) is 5. The lowest BCUT2D eigenvalue weighted by Gasteiger charge is -2.39. The van der Waals surface area contributed by atoms with Crippen LogP contribution in [0, 0.1) is 23.7 Å². The number of esters is 2. The van der Waals surface area contributed by atoms with Crippen LogP contribution in [0.3, 0.4) is 0 Å². The summed E-state index contributed by atoms with van der Waals surface area (Å²) in [6.07, 6.45) is 10.4. The summed E-state index contributed by atoms with van der Waals surface area (Å²) in [7, 11) is 0. The van der Waals surface area contributed by atoms with E-state index in [4.69, 9.17) is 14.2 Å². The Labute approximate surface area is 158 Å². The highest BCUT2D eigenvalue weighted by atomic mass is 16.7. The van der Waals surface area contributed by atoms with Crippen molar-refractivity contribution < 1.29 is 23.8 Å². The second-order valence-corrected chi connectivity index (χ2v) is 8.43. The molecular formula is C22H24O5. The molecule has 0 aromatic heterocycles. The Morgan fingerprint density at radius 1 is 1.15 bits per heavy atom. The number of benzene rings is 1. The third-order valence-corrected chi connectivity index (χ3v) is 6.69. The quantitative estimate of drug-likeness (QED) is 0.453. The third-order valence-electron chi connectivity index (χ3n) is 6.69. The van der Waals surface area contributed by atoms with E-state index in [0.717, 1.165) is 38.5 Å². The average molecular weight is 368 g/mol. The average Bonchev–Trinajstić information content (AvgIpc) is 3.39. The molecule has 1 aromatic carbocycles. The van der Waals surface area contributed by atoms with Crippen molar-refractivity contribution >= 4 is 11.9 Å². The molecule has 0 amide bonds. The van der Waals surface area contributed by atoms with Crippen LogP contribution in [0.4, 0.5) is 0 Å². The van der Waals surface area contributed by atoms with Gasteiger partial charge < -0.3 is 14.2 Å². The Kier molecular flexibility index (Phi) is 3.81. The second kappa shape index (κ2) is 6.11. The number of fused-ring (bicyclic) bond motifs is 3. The molecule has 1 heterocycles. The van der Waals surface area contributed by atoms with E-state index in [9.17, 15) is 9.59 Å². The lowest BCUT2D eigenvalue weighted by molar-refractivity contribution is -0.175. The first-order chi connectivity index (χ1) is 13.0. The van der Waals surface area contributed by atoms with Crippen LogP contribution >= 0.6 is 0 Å². The fourth-order valence-corrected chi connectivity index (χ4v) is 5.21. The summed E-state index contributed by atoms with van der Waals surface area (Å²) in [5, 5.41) is 0. The van der Waals surface area contributed by atoms with Gasteiger partial charge >= 0.3 is 11.9 Å². The van der Waals surface area contributed by atoms with Crippen LogP contribution in [0.5, 0.6) is 11.5 Å². The maximum Gasteiger partial charge on any atom is 0.349 e. The van der Waals surface area contributed by atoms with Crippen LogP contribution in [-0.2, 0) is 9.53 Å². The van der Waals surface area contributed by atoms with Gasteiger partial charge in [-0.1, -0.05) is 31.1 Å². The largest absolute Gasteiger partial charge is 0.451 e. The van der Waals surface area contributed by atoms with Crippen LogP contribution in [0.1, 0.15) is 55.8 Å². The first-order valence-corrected chi connectivity index (χ1v) is 9.99. The monoisotopic (exact) mass is 368 g/mol. The Morgan fingerprint density at radius 2 is 1.96 bits per heavy atom. The molecule has 2 bridgehead atoms. The fourth-order valence-electron chi connectivity index (χ4n) is 5.21. The maximum atomic E-state index is 12.8. The Morgan fingerprint density at radius 3 is 2.67 bits per heavy atom. The highest BCUT2D eigenvalue weighted by Gasteiger charge is 2.47. The predicted molar refractivity (Wildman–Crippen MR) is 97.3 cm³/mol. The standard InChI is InChI=1S/C22H24O5/c1-22(15-5-2-3-6-15)26-18-8-4-7-17(19(18)21(24)27-22)25-20(23)16-12-13-9-10-14(16)11-13/h4,7-10,13-16H,2-3,5-6,11-12H2,1H3. The molecule has 2 saturated carbocycles. The lowest BCUT2D eigenvalue weighted by Crippen LogP contribution is -2.47. The van der Waals surface area contributed by atoms with Crippen LogP contribution in [0.15, 0.2) is 30.4 Å². The highest BCUT2D eigenvalue weighted by Crippen LogP contribution is 2.46. The van der Waals surface area contributed by atoms with Crippen LogP contribution < -0.4 is 9.47 Å². The van der Waals surface area contributed by atoms with Gasteiger partial charge in [-0.2, -0.15) is 0 Å². The van der Waals surface area contributed by atoms with E-state index in [-0.39, 0.29) is 35.0 Å². The zero-order chi connectivity index (χ0) is 18.6. The van der Waals surface area contributed by atoms with Crippen molar-refractivity contribution in [2.75, 3.05) is 0 Å². The molecule has 1 aromatic rings. The SMILES string of the molecule is CC1(C2CCCC2)OC(=O)c2c(OC(=O)C3CC4C=CC3C4)cccc2O1. The van der Waals surface area contributed by atoms with Gasteiger partial charge in [-0.15, -0.1) is 0 Å². The zero-order valence-corrected chi connectivity index (χ0v) is 15.5. The summed E-state index contributed by atoms with van der Waals surface area (Å²) in [5.41, 5.74) is 0.222. The van der Waals surface area contributed by atoms with Gasteiger partial charge in [0.2, 0.25) is 0 Å². The van der Waals surface area contributed by atoms with Gasteiger partial charge in [-0.25, -0.2) is 4.79 Å². The molecule has 0 N–H and O–H groups in total. The van der Waals surface area contributed by atoms with E-state index in [1.54, 1.807) is 18.2 Å². The number of cyclic esters (lactones) is 1. The molecule has 4 atom stereocenters. The molecular weight excluding hydrogens is 344 g/mol. The van der Waals surface area contributed by atoms with Crippen molar-refractivity contribution in [2.24, 2.45) is 23.7 Å². The van der Waals surface area contributed by atoms with Gasteiger partial charge in [0.05, 0.1) is 5.92 Å². The number of carbonyl (C=O) groups excluding carboxylic acids is 2. The molecule has 5 rings (SSSR count). The second-order valence-electron chi connectivity index (χ2n) is 8.43. The minimum Gasteiger partial charge on any atom is -0.451 e. The minimum atomic E-state index is -0.946. The predicted octanol–water partition coefficient (Wildman–Crippen LogP) is 4.26. The smallest absolute Gasteiger partial charge is 0.349 e. The van der Waals surface area contributed by atoms with Crippen molar-refractivity contribution in [2.45, 2.75) is 51.2 Å². The summed E-state index contributed by atoms with van der Waals surface area (Å²) in [4.78, 5) is 25.5. The summed E-state index contributed by atoms with van der Waals surface area (Å²) >= 11 is 0. The Bertz CT molecular complexity index is 822. The van der Waals surface area contributed by atoms with Gasteiger partial charge in [-0.05, 0) is 49.7 Å². The maximum absolute atomic E-state index is 12.8. The lowest BCUT2D eigenvalue weighted by atomic mass is 9.94. The Hall–Kier alpha value is -2.30. The first-order valence-electron chi connectivity index (χ1n) is 9.99. The van der Waals surface area contributed by atoms with Crippen molar-refractivity contribution in [3.05, 3.63) is 35.9 Å². The molecule has 1 aliphatic heterocycles. The van der Waals surface area contributed by atoms with Crippen LogP contribution in [0.25, 0.3) is 0 Å². The van der Waals surface area contributed by atoms with Crippen LogP contribution in [-0.4, -0.2) is 17.7 Å². The van der Waals surface area contributed by atoms with E-state index in [2.05, 4.69) is 12.2 Å². The molecule has 27 heavy (non-hydrogen) atoms. The van der Waals surface area contributed by atoms with Gasteiger partial charge in [0, 0.05) is 12.8 Å². The number of allylic oxidation sites excluding steroid dienone is 2. The summed E-state index contributed by atoms with van der Waals surface area (Å²) < 4.78 is 17.5. The minimum absolute atomic E-state index is 0.125. The van der Waals surface area contributed by atoms with Gasteiger partial charge in [0.15, 0.2) is 0 Å². The van der Waals surface area contributed by atoms with Crippen molar-refractivity contribution in [3.8, 4) is 11.5 Å². The molecule has 5 nitrogen and oxygen atoms in total. The first kappa shape index (κ1) is 16.8. The van der Waals surface area contributed by atoms with Crippen LogP contribution in [0.2, 0.25) is 0 Å². The zero-order valence-electron chi connectivity index (χ0n) is 15.5. The molecule has 5 heteroatoms. The van der Waals surface area contributed by atoms with Gasteiger partial charge in [0.1, 0.15) is 17.1 Å². The summed E-state index contributed by atoms with van der Waals surface area (Å²) in [6.45, 7) is 1.84. The van der Waals surface area contributed by atoms with Crippen molar-refractivity contribution in [1.82, 2.24) is 0 Å². The van der Waals surface area contributed by atoms with Crippen molar-refractivity contribution in [3.63, 3.8) is 0 Å². The molecule has 0 radical (unpaired) electrons. The summed E-state index contributed by atoms with van der Waals surface area (Å²) in [5.74, 6) is -0.186. The fraction of sp³-hybridized carbons (Fsp3) is 0.545. The van der Waals surface area contributed by atoms with E-state index in [1.807, 2.05) is 6.92 Å². The normalized spacial score (nSPS) is 34.3. The topological polar surface area (TPSA) is 61.8 Å². The molecule has 0 spiro atoms. The number of carbonyl (C=O) groups is 2. The number of hydrogen-bond donors (Lipinski definition) is 0. The molecule has 4 unspecified atom stereocenters. The molecule has 3 aliphatic carbocycles. The number of ether oxygens (including phenoxy) is 3. The van der Waals surface area contributed by atoms with E-state index in [1.165, 1.54) is 0 Å². The van der Waals surface area contributed by atoms with E-state index in [0.29, 0.717) is 11.7 Å². The molecule has 4 aliphatic rings. The molecule has 0 saturated heterocycles. The summed E-state index contributed by atoms with van der Waals surface area (Å²) in [6, 6.07) is 5.15. The molecule has 2 fully saturated rings.